The fourth-order valence-electron chi connectivity index (χ4n) is 4.53. The highest BCUT2D eigenvalue weighted by molar-refractivity contribution is 6.31. The van der Waals surface area contributed by atoms with Crippen LogP contribution in [0.2, 0.25) is 5.02 Å². The van der Waals surface area contributed by atoms with Gasteiger partial charge in [0.15, 0.2) is 0 Å². The van der Waals surface area contributed by atoms with Crippen molar-refractivity contribution in [1.29, 1.82) is 0 Å². The number of amides is 2. The minimum Gasteiger partial charge on any atom is -0.508 e. The average molecular weight is 432 g/mol. The van der Waals surface area contributed by atoms with Crippen LogP contribution in [0.15, 0.2) is 24.8 Å². The van der Waals surface area contributed by atoms with E-state index < -0.39 is 0 Å². The number of carbonyl (C=O) groups excluding carboxylic acids is 2. The zero-order valence-corrected chi connectivity index (χ0v) is 18.3. The third-order valence-electron chi connectivity index (χ3n) is 6.65. The summed E-state index contributed by atoms with van der Waals surface area (Å²) in [6.07, 6.45) is 4.16. The Morgan fingerprint density at radius 3 is 2.47 bits per heavy atom. The van der Waals surface area contributed by atoms with Crippen molar-refractivity contribution in [3.63, 3.8) is 0 Å². The lowest BCUT2D eigenvalue weighted by Crippen LogP contribution is -2.64. The molecule has 2 heterocycles. The van der Waals surface area contributed by atoms with Gasteiger partial charge in [0.25, 0.3) is 0 Å². The molecule has 0 radical (unpaired) electrons. The molecule has 2 saturated heterocycles. The van der Waals surface area contributed by atoms with Crippen molar-refractivity contribution in [2.24, 2.45) is 5.92 Å². The number of aromatic hydroxyl groups is 1. The maximum atomic E-state index is 13.0. The Bertz CT molecular complexity index is 840. The van der Waals surface area contributed by atoms with Gasteiger partial charge in [0, 0.05) is 56.3 Å². The van der Waals surface area contributed by atoms with Gasteiger partial charge in [-0.15, -0.1) is 0 Å². The van der Waals surface area contributed by atoms with Gasteiger partial charge in [-0.25, -0.2) is 0 Å². The Balaban J connectivity index is 1.29. The molecule has 0 bridgehead atoms. The zero-order chi connectivity index (χ0) is 21.4. The smallest absolute Gasteiger partial charge is 0.246 e. The fraction of sp³-hybridized carbons (Fsp3) is 0.565. The number of rotatable bonds is 6. The molecular weight excluding hydrogens is 402 g/mol. The molecule has 1 saturated carbocycles. The van der Waals surface area contributed by atoms with Gasteiger partial charge in [0.2, 0.25) is 11.8 Å². The molecule has 2 aliphatic heterocycles. The first-order valence-electron chi connectivity index (χ1n) is 10.8. The minimum atomic E-state index is -0.194. The molecule has 6 nitrogen and oxygen atoms in total. The van der Waals surface area contributed by atoms with Crippen LogP contribution in [-0.2, 0) is 16.0 Å². The third-order valence-corrected chi connectivity index (χ3v) is 6.98. The van der Waals surface area contributed by atoms with Crippen LogP contribution in [0.5, 0.6) is 5.75 Å². The van der Waals surface area contributed by atoms with Crippen LogP contribution in [0.4, 0.5) is 0 Å². The molecule has 1 aromatic rings. The Morgan fingerprint density at radius 1 is 1.20 bits per heavy atom. The highest BCUT2D eigenvalue weighted by Gasteiger charge is 2.36. The fourth-order valence-corrected chi connectivity index (χ4v) is 4.84. The Kier molecular flexibility index (Phi) is 6.07. The van der Waals surface area contributed by atoms with Gasteiger partial charge >= 0.3 is 0 Å². The van der Waals surface area contributed by atoms with Crippen molar-refractivity contribution >= 4 is 23.4 Å². The van der Waals surface area contributed by atoms with Gasteiger partial charge in [-0.2, -0.15) is 0 Å². The number of hydrogen-bond donors (Lipinski definition) is 1. The number of benzene rings is 1. The van der Waals surface area contributed by atoms with E-state index in [0.717, 1.165) is 50.1 Å². The summed E-state index contributed by atoms with van der Waals surface area (Å²) in [5, 5.41) is 10.9. The van der Waals surface area contributed by atoms with Crippen molar-refractivity contribution in [3.05, 3.63) is 40.9 Å². The molecule has 2 amide bonds. The average Bonchev–Trinajstić information content (AvgIpc) is 3.53. The molecule has 4 rings (SSSR count). The van der Waals surface area contributed by atoms with E-state index >= 15 is 0 Å². The van der Waals surface area contributed by atoms with Crippen LogP contribution in [0.25, 0.3) is 0 Å². The number of likely N-dealkylation sites (tertiary alicyclic amines) is 1. The predicted molar refractivity (Wildman–Crippen MR) is 117 cm³/mol. The molecule has 30 heavy (non-hydrogen) atoms. The maximum absolute atomic E-state index is 13.0. The monoisotopic (exact) mass is 431 g/mol. The van der Waals surface area contributed by atoms with Crippen LogP contribution in [-0.4, -0.2) is 76.9 Å². The largest absolute Gasteiger partial charge is 0.508 e. The van der Waals surface area contributed by atoms with E-state index in [1.165, 1.54) is 6.08 Å². The first kappa shape index (κ1) is 21.2. The summed E-state index contributed by atoms with van der Waals surface area (Å²) in [6.45, 7) is 10.0. The van der Waals surface area contributed by atoms with Crippen molar-refractivity contribution in [3.8, 4) is 5.75 Å². The molecule has 1 N–H and O–H groups in total. The van der Waals surface area contributed by atoms with Crippen molar-refractivity contribution in [2.75, 3.05) is 39.3 Å². The standard InChI is InChI=1S/C23H30ClN3O3/c1-3-22(29)27-13-18(14-27)25-6-8-26(9-7-25)23(30)15(2)10-17-11-19(16-4-5-16)20(24)12-21(17)28/h3,11-12,15-16,18,28H,1,4-10,13-14H2,2H3/t15-/m1/s1. The van der Waals surface area contributed by atoms with E-state index in [2.05, 4.69) is 11.5 Å². The molecule has 1 aromatic carbocycles. The van der Waals surface area contributed by atoms with E-state index in [4.69, 9.17) is 11.6 Å². The van der Waals surface area contributed by atoms with E-state index in [1.54, 1.807) is 11.0 Å². The predicted octanol–water partition coefficient (Wildman–Crippen LogP) is 2.64. The van der Waals surface area contributed by atoms with Crippen LogP contribution in [0.3, 0.4) is 0 Å². The zero-order valence-electron chi connectivity index (χ0n) is 17.5. The Morgan fingerprint density at radius 2 is 1.87 bits per heavy atom. The number of phenolic OH excluding ortho intramolecular Hbond substituents is 1. The number of piperazine rings is 1. The quantitative estimate of drug-likeness (QED) is 0.703. The van der Waals surface area contributed by atoms with E-state index in [0.29, 0.717) is 36.5 Å². The summed E-state index contributed by atoms with van der Waals surface area (Å²) >= 11 is 6.28. The summed E-state index contributed by atoms with van der Waals surface area (Å²) in [4.78, 5) is 30.7. The van der Waals surface area contributed by atoms with E-state index in [1.807, 2.05) is 17.9 Å². The first-order valence-corrected chi connectivity index (χ1v) is 11.2. The third kappa shape index (κ3) is 4.35. The van der Waals surface area contributed by atoms with Crippen molar-refractivity contribution < 1.29 is 14.7 Å². The molecular formula is C23H30ClN3O3. The lowest BCUT2D eigenvalue weighted by atomic mass is 9.96. The topological polar surface area (TPSA) is 64.1 Å². The van der Waals surface area contributed by atoms with Crippen LogP contribution >= 0.6 is 11.6 Å². The van der Waals surface area contributed by atoms with Gasteiger partial charge in [0.1, 0.15) is 5.75 Å². The van der Waals surface area contributed by atoms with Gasteiger partial charge in [-0.3, -0.25) is 14.5 Å². The van der Waals surface area contributed by atoms with Crippen molar-refractivity contribution in [2.45, 2.75) is 38.1 Å². The van der Waals surface area contributed by atoms with Gasteiger partial charge in [0.05, 0.1) is 0 Å². The molecule has 7 heteroatoms. The second kappa shape index (κ2) is 8.60. The highest BCUT2D eigenvalue weighted by Crippen LogP contribution is 2.45. The molecule has 0 aromatic heterocycles. The number of hydrogen-bond acceptors (Lipinski definition) is 4. The Labute approximate surface area is 183 Å². The first-order chi connectivity index (χ1) is 14.4. The summed E-state index contributed by atoms with van der Waals surface area (Å²) in [6, 6.07) is 4.00. The molecule has 3 fully saturated rings. The number of nitrogens with zero attached hydrogens (tertiary/aromatic N) is 3. The van der Waals surface area contributed by atoms with E-state index in [-0.39, 0.29) is 23.5 Å². The maximum Gasteiger partial charge on any atom is 0.246 e. The summed E-state index contributed by atoms with van der Waals surface area (Å²) < 4.78 is 0. The summed E-state index contributed by atoms with van der Waals surface area (Å²) in [7, 11) is 0. The number of phenols is 1. The highest BCUT2D eigenvalue weighted by atomic mass is 35.5. The number of carbonyl (C=O) groups is 2. The molecule has 3 aliphatic rings. The number of halogens is 1. The SMILES string of the molecule is C=CC(=O)N1CC(N2CCN(C(=O)[C@H](C)Cc3cc(C4CC4)c(Cl)cc3O)CC2)C1. The Hall–Kier alpha value is -2.05. The van der Waals surface area contributed by atoms with Crippen LogP contribution < -0.4 is 0 Å². The summed E-state index contributed by atoms with van der Waals surface area (Å²) in [5.41, 5.74) is 1.91. The van der Waals surface area contributed by atoms with E-state index in [9.17, 15) is 14.7 Å². The normalized spacial score (nSPS) is 21.3. The van der Waals surface area contributed by atoms with Crippen LogP contribution in [0, 0.1) is 5.92 Å². The van der Waals surface area contributed by atoms with Crippen molar-refractivity contribution in [1.82, 2.24) is 14.7 Å². The van der Waals surface area contributed by atoms with Crippen LogP contribution in [0.1, 0.15) is 36.8 Å². The molecule has 0 unspecified atom stereocenters. The molecule has 0 spiro atoms. The van der Waals surface area contributed by atoms with Gasteiger partial charge in [-0.05, 0) is 48.4 Å². The minimum absolute atomic E-state index is 0.0100. The lowest BCUT2D eigenvalue weighted by molar-refractivity contribution is -0.139. The molecule has 162 valence electrons. The second-order valence-corrected chi connectivity index (χ2v) is 9.25. The summed E-state index contributed by atoms with van der Waals surface area (Å²) in [5.74, 6) is 0.607. The molecule has 1 atom stereocenters. The van der Waals surface area contributed by atoms with Gasteiger partial charge in [-0.1, -0.05) is 31.2 Å². The second-order valence-electron chi connectivity index (χ2n) is 8.84. The molecule has 1 aliphatic carbocycles. The van der Waals surface area contributed by atoms with Gasteiger partial charge < -0.3 is 14.9 Å². The lowest BCUT2D eigenvalue weighted by Gasteiger charge is -2.48.